The van der Waals surface area contributed by atoms with Gasteiger partial charge in [-0.3, -0.25) is 4.79 Å². The molecule has 1 heterocycles. The Morgan fingerprint density at radius 3 is 2.83 bits per heavy atom. The predicted octanol–water partition coefficient (Wildman–Crippen LogP) is 2.72. The van der Waals surface area contributed by atoms with Gasteiger partial charge in [0.25, 0.3) is 0 Å². The first-order chi connectivity index (χ1) is 11.2. The van der Waals surface area contributed by atoms with Crippen LogP contribution in [-0.4, -0.2) is 42.6 Å². The van der Waals surface area contributed by atoms with Gasteiger partial charge in [0, 0.05) is 12.6 Å². The largest absolute Gasteiger partial charge is 0.497 e. The molecule has 2 aromatic rings. The summed E-state index contributed by atoms with van der Waals surface area (Å²) in [5.74, 6) is 1.31. The fourth-order valence-corrected chi connectivity index (χ4v) is 3.34. The molecular formula is C14H18N4O3S2. The minimum atomic E-state index is -0.151. The average molecular weight is 354 g/mol. The molecular weight excluding hydrogens is 336 g/mol. The number of benzene rings is 1. The lowest BCUT2D eigenvalue weighted by Gasteiger charge is -2.11. The van der Waals surface area contributed by atoms with E-state index in [0.29, 0.717) is 17.2 Å². The molecule has 0 unspecified atom stereocenters. The SMILES string of the molecule is CCNc1nnc(SCC(=O)Nc2cc(OC)ccc2OC)s1. The third kappa shape index (κ3) is 5.00. The number of ether oxygens (including phenoxy) is 2. The minimum absolute atomic E-state index is 0.151. The van der Waals surface area contributed by atoms with Gasteiger partial charge in [-0.15, -0.1) is 10.2 Å². The lowest BCUT2D eigenvalue weighted by Crippen LogP contribution is -2.14. The molecule has 1 amide bonds. The molecule has 1 aromatic heterocycles. The molecule has 124 valence electrons. The fourth-order valence-electron chi connectivity index (χ4n) is 1.72. The number of rotatable bonds is 8. The van der Waals surface area contributed by atoms with E-state index < -0.39 is 0 Å². The molecule has 0 bridgehead atoms. The Balaban J connectivity index is 1.93. The second kappa shape index (κ2) is 8.59. The zero-order valence-corrected chi connectivity index (χ0v) is 14.7. The Morgan fingerprint density at radius 1 is 1.30 bits per heavy atom. The van der Waals surface area contributed by atoms with E-state index >= 15 is 0 Å². The number of carbonyl (C=O) groups excluding carboxylic acids is 1. The number of methoxy groups -OCH3 is 2. The van der Waals surface area contributed by atoms with Gasteiger partial charge in [-0.05, 0) is 19.1 Å². The highest BCUT2D eigenvalue weighted by Crippen LogP contribution is 2.30. The van der Waals surface area contributed by atoms with Gasteiger partial charge in [0.2, 0.25) is 11.0 Å². The van der Waals surface area contributed by atoms with Crippen LogP contribution < -0.4 is 20.1 Å². The number of carbonyl (C=O) groups is 1. The minimum Gasteiger partial charge on any atom is -0.497 e. The molecule has 0 spiro atoms. The van der Waals surface area contributed by atoms with Gasteiger partial charge in [0.05, 0.1) is 25.7 Å². The van der Waals surface area contributed by atoms with Crippen molar-refractivity contribution >= 4 is 39.8 Å². The Hall–Kier alpha value is -2.00. The lowest BCUT2D eigenvalue weighted by molar-refractivity contribution is -0.113. The van der Waals surface area contributed by atoms with Crippen molar-refractivity contribution < 1.29 is 14.3 Å². The van der Waals surface area contributed by atoms with E-state index in [0.717, 1.165) is 16.0 Å². The van der Waals surface area contributed by atoms with Crippen LogP contribution in [-0.2, 0) is 4.79 Å². The predicted molar refractivity (Wildman–Crippen MR) is 93.0 cm³/mol. The Morgan fingerprint density at radius 2 is 2.13 bits per heavy atom. The van der Waals surface area contributed by atoms with Crippen LogP contribution in [0.1, 0.15) is 6.92 Å². The van der Waals surface area contributed by atoms with Gasteiger partial charge < -0.3 is 20.1 Å². The second-order valence-electron chi connectivity index (χ2n) is 4.31. The van der Waals surface area contributed by atoms with E-state index in [1.807, 2.05) is 6.92 Å². The normalized spacial score (nSPS) is 10.2. The number of hydrogen-bond donors (Lipinski definition) is 2. The Bertz CT molecular complexity index is 663. The molecule has 0 saturated heterocycles. The number of amides is 1. The molecule has 0 aliphatic heterocycles. The summed E-state index contributed by atoms with van der Waals surface area (Å²) in [6.45, 7) is 2.78. The standard InChI is InChI=1S/C14H18N4O3S2/c1-4-15-13-17-18-14(23-13)22-8-12(19)16-10-7-9(20-2)5-6-11(10)21-3/h5-7H,4,8H2,1-3H3,(H,15,17)(H,16,19). The van der Waals surface area contributed by atoms with Gasteiger partial charge >= 0.3 is 0 Å². The van der Waals surface area contributed by atoms with Crippen LogP contribution in [0.2, 0.25) is 0 Å². The molecule has 0 saturated carbocycles. The first-order valence-electron chi connectivity index (χ1n) is 6.88. The van der Waals surface area contributed by atoms with E-state index in [1.54, 1.807) is 32.4 Å². The summed E-state index contributed by atoms with van der Waals surface area (Å²) in [5.41, 5.74) is 0.572. The zero-order valence-electron chi connectivity index (χ0n) is 13.1. The van der Waals surface area contributed by atoms with Crippen molar-refractivity contribution in [1.82, 2.24) is 10.2 Å². The molecule has 0 radical (unpaired) electrons. The van der Waals surface area contributed by atoms with Crippen LogP contribution in [0.4, 0.5) is 10.8 Å². The maximum Gasteiger partial charge on any atom is 0.234 e. The molecule has 0 atom stereocenters. The zero-order chi connectivity index (χ0) is 16.7. The number of hydrogen-bond acceptors (Lipinski definition) is 8. The maximum absolute atomic E-state index is 12.1. The van der Waals surface area contributed by atoms with Gasteiger partial charge in [0.15, 0.2) is 4.34 Å². The molecule has 23 heavy (non-hydrogen) atoms. The quantitative estimate of drug-likeness (QED) is 0.705. The summed E-state index contributed by atoms with van der Waals surface area (Å²) in [6, 6.07) is 5.23. The highest BCUT2D eigenvalue weighted by molar-refractivity contribution is 8.01. The second-order valence-corrected chi connectivity index (χ2v) is 6.51. The topological polar surface area (TPSA) is 85.4 Å². The third-order valence-electron chi connectivity index (χ3n) is 2.74. The maximum atomic E-state index is 12.1. The molecule has 0 aliphatic carbocycles. The van der Waals surface area contributed by atoms with Crippen molar-refractivity contribution in [3.05, 3.63) is 18.2 Å². The van der Waals surface area contributed by atoms with E-state index in [1.165, 1.54) is 23.1 Å². The number of thioether (sulfide) groups is 1. The Kier molecular flexibility index (Phi) is 6.48. The van der Waals surface area contributed by atoms with Crippen molar-refractivity contribution in [2.24, 2.45) is 0 Å². The van der Waals surface area contributed by atoms with Crippen molar-refractivity contribution in [1.29, 1.82) is 0 Å². The van der Waals surface area contributed by atoms with E-state index in [4.69, 9.17) is 9.47 Å². The van der Waals surface area contributed by atoms with Crippen molar-refractivity contribution in [2.75, 3.05) is 37.2 Å². The summed E-state index contributed by atoms with van der Waals surface area (Å²) in [5, 5.41) is 14.7. The molecule has 0 aliphatic rings. The first-order valence-corrected chi connectivity index (χ1v) is 8.68. The number of aromatic nitrogens is 2. The summed E-state index contributed by atoms with van der Waals surface area (Å²) in [7, 11) is 3.12. The summed E-state index contributed by atoms with van der Waals surface area (Å²) in [4.78, 5) is 12.1. The third-order valence-corrected chi connectivity index (χ3v) is 4.76. The number of anilines is 2. The molecule has 2 rings (SSSR count). The Labute approximate surface area is 142 Å². The summed E-state index contributed by atoms with van der Waals surface area (Å²) >= 11 is 2.76. The molecule has 9 heteroatoms. The lowest BCUT2D eigenvalue weighted by atomic mass is 10.2. The molecule has 2 N–H and O–H groups in total. The number of nitrogens with zero attached hydrogens (tertiary/aromatic N) is 2. The average Bonchev–Trinajstić information content (AvgIpc) is 3.01. The van der Waals surface area contributed by atoms with Gasteiger partial charge in [0.1, 0.15) is 11.5 Å². The van der Waals surface area contributed by atoms with E-state index in [9.17, 15) is 4.79 Å². The van der Waals surface area contributed by atoms with Crippen molar-refractivity contribution in [2.45, 2.75) is 11.3 Å². The molecule has 1 aromatic carbocycles. The van der Waals surface area contributed by atoms with Crippen LogP contribution in [0, 0.1) is 0 Å². The van der Waals surface area contributed by atoms with E-state index in [-0.39, 0.29) is 11.7 Å². The smallest absolute Gasteiger partial charge is 0.234 e. The number of nitrogens with one attached hydrogen (secondary N) is 2. The highest BCUT2D eigenvalue weighted by Gasteiger charge is 2.11. The monoisotopic (exact) mass is 354 g/mol. The molecule has 7 nitrogen and oxygen atoms in total. The van der Waals surface area contributed by atoms with Gasteiger partial charge in [-0.2, -0.15) is 0 Å². The summed E-state index contributed by atoms with van der Waals surface area (Å²) < 4.78 is 11.1. The van der Waals surface area contributed by atoms with Crippen LogP contribution >= 0.6 is 23.1 Å². The van der Waals surface area contributed by atoms with Crippen LogP contribution in [0.15, 0.2) is 22.5 Å². The van der Waals surface area contributed by atoms with Gasteiger partial charge in [-0.25, -0.2) is 0 Å². The first kappa shape index (κ1) is 17.4. The van der Waals surface area contributed by atoms with Crippen molar-refractivity contribution in [3.63, 3.8) is 0 Å². The van der Waals surface area contributed by atoms with E-state index in [2.05, 4.69) is 20.8 Å². The summed E-state index contributed by atoms with van der Waals surface area (Å²) in [6.07, 6.45) is 0. The fraction of sp³-hybridized carbons (Fsp3) is 0.357. The molecule has 0 fully saturated rings. The van der Waals surface area contributed by atoms with Crippen LogP contribution in [0.5, 0.6) is 11.5 Å². The van der Waals surface area contributed by atoms with Crippen molar-refractivity contribution in [3.8, 4) is 11.5 Å². The van der Waals surface area contributed by atoms with Crippen LogP contribution in [0.25, 0.3) is 0 Å². The highest BCUT2D eigenvalue weighted by atomic mass is 32.2. The van der Waals surface area contributed by atoms with Crippen LogP contribution in [0.3, 0.4) is 0 Å². The van der Waals surface area contributed by atoms with Gasteiger partial charge in [-0.1, -0.05) is 23.1 Å².